The number of carbonyl (C=O) groups is 2. The first-order valence-electron chi connectivity index (χ1n) is 7.68. The first-order chi connectivity index (χ1) is 12.5. The lowest BCUT2D eigenvalue weighted by atomic mass is 10.2. The van der Waals surface area contributed by atoms with Gasteiger partial charge in [0.2, 0.25) is 5.91 Å². The Balaban J connectivity index is 1.73. The number of amides is 2. The van der Waals surface area contributed by atoms with Gasteiger partial charge in [-0.05, 0) is 36.4 Å². The van der Waals surface area contributed by atoms with Crippen LogP contribution in [0.4, 0.5) is 8.78 Å². The topological polar surface area (TPSA) is 67.4 Å². The molecule has 2 N–H and O–H groups in total. The van der Waals surface area contributed by atoms with E-state index in [9.17, 15) is 18.4 Å². The van der Waals surface area contributed by atoms with Crippen LogP contribution in [0.3, 0.4) is 0 Å². The predicted octanol–water partition coefficient (Wildman–Crippen LogP) is 2.19. The molecule has 0 saturated heterocycles. The van der Waals surface area contributed by atoms with Crippen LogP contribution in [0.1, 0.15) is 15.9 Å². The molecule has 0 aliphatic heterocycles. The summed E-state index contributed by atoms with van der Waals surface area (Å²) in [7, 11) is 0. The van der Waals surface area contributed by atoms with E-state index in [0.29, 0.717) is 0 Å². The molecule has 0 spiro atoms. The van der Waals surface area contributed by atoms with Gasteiger partial charge in [-0.25, -0.2) is 0 Å². The molecule has 0 aliphatic rings. The lowest BCUT2D eigenvalue weighted by molar-refractivity contribution is -0.119. The van der Waals surface area contributed by atoms with E-state index in [1.54, 1.807) is 0 Å². The van der Waals surface area contributed by atoms with Crippen LogP contribution >= 0.6 is 0 Å². The molecule has 2 aromatic rings. The fourth-order valence-corrected chi connectivity index (χ4v) is 1.92. The van der Waals surface area contributed by atoms with Crippen molar-refractivity contribution in [1.82, 2.24) is 10.6 Å². The summed E-state index contributed by atoms with van der Waals surface area (Å²) < 4.78 is 28.3. The van der Waals surface area contributed by atoms with Crippen LogP contribution in [-0.2, 0) is 4.79 Å². The number of halogens is 2. The number of alkyl halides is 2. The number of nitrogens with one attached hydrogen (secondary N) is 2. The van der Waals surface area contributed by atoms with Gasteiger partial charge in [0.15, 0.2) is 0 Å². The SMILES string of the molecule is O=C(CNC(=O)c1ccc(OC(F)F)cc1)NCC#Cc1ccccc1. The van der Waals surface area contributed by atoms with Gasteiger partial charge in [-0.3, -0.25) is 9.59 Å². The molecule has 0 atom stereocenters. The number of hydrogen-bond donors (Lipinski definition) is 2. The Morgan fingerprint density at radius 3 is 2.35 bits per heavy atom. The average Bonchev–Trinajstić information content (AvgIpc) is 2.64. The minimum Gasteiger partial charge on any atom is -0.435 e. The third-order valence-corrected chi connectivity index (χ3v) is 3.13. The number of ether oxygens (including phenoxy) is 1. The van der Waals surface area contributed by atoms with E-state index >= 15 is 0 Å². The zero-order valence-electron chi connectivity index (χ0n) is 13.7. The van der Waals surface area contributed by atoms with Crippen molar-refractivity contribution in [1.29, 1.82) is 0 Å². The quantitative estimate of drug-likeness (QED) is 0.778. The van der Waals surface area contributed by atoms with Gasteiger partial charge >= 0.3 is 6.61 Å². The highest BCUT2D eigenvalue weighted by Crippen LogP contribution is 2.14. The molecule has 0 unspecified atom stereocenters. The van der Waals surface area contributed by atoms with E-state index < -0.39 is 18.4 Å². The maximum Gasteiger partial charge on any atom is 0.387 e. The largest absolute Gasteiger partial charge is 0.435 e. The summed E-state index contributed by atoms with van der Waals surface area (Å²) in [6, 6.07) is 14.5. The van der Waals surface area contributed by atoms with Crippen LogP contribution in [0.25, 0.3) is 0 Å². The Hall–Kier alpha value is -3.40. The average molecular weight is 358 g/mol. The van der Waals surface area contributed by atoms with Gasteiger partial charge in [0.25, 0.3) is 5.91 Å². The summed E-state index contributed by atoms with van der Waals surface area (Å²) in [5.41, 5.74) is 1.07. The van der Waals surface area contributed by atoms with Gasteiger partial charge in [-0.15, -0.1) is 0 Å². The minimum atomic E-state index is -2.93. The molecule has 0 bridgehead atoms. The molecule has 0 saturated carbocycles. The Bertz CT molecular complexity index is 797. The first-order valence-corrected chi connectivity index (χ1v) is 7.68. The molecule has 7 heteroatoms. The lowest BCUT2D eigenvalue weighted by Crippen LogP contribution is -2.37. The molecule has 2 aromatic carbocycles. The number of rotatable bonds is 6. The first kappa shape index (κ1) is 18.9. The van der Waals surface area contributed by atoms with E-state index in [4.69, 9.17) is 0 Å². The van der Waals surface area contributed by atoms with Gasteiger partial charge in [0.05, 0.1) is 13.1 Å². The van der Waals surface area contributed by atoms with Gasteiger partial charge in [0, 0.05) is 11.1 Å². The molecule has 0 aromatic heterocycles. The second kappa shape index (κ2) is 9.79. The van der Waals surface area contributed by atoms with Crippen molar-refractivity contribution >= 4 is 11.8 Å². The summed E-state index contributed by atoms with van der Waals surface area (Å²) in [4.78, 5) is 23.6. The minimum absolute atomic E-state index is 0.0497. The predicted molar refractivity (Wildman–Crippen MR) is 91.7 cm³/mol. The summed E-state index contributed by atoms with van der Waals surface area (Å²) in [6.07, 6.45) is 0. The molecule has 0 heterocycles. The summed E-state index contributed by atoms with van der Waals surface area (Å²) in [5, 5.41) is 4.99. The van der Waals surface area contributed by atoms with E-state index in [1.807, 2.05) is 30.3 Å². The summed E-state index contributed by atoms with van der Waals surface area (Å²) >= 11 is 0. The number of hydrogen-bond acceptors (Lipinski definition) is 3. The molecule has 0 aliphatic carbocycles. The summed E-state index contributed by atoms with van der Waals surface area (Å²) in [5.74, 6) is 4.76. The molecule has 0 fully saturated rings. The standard InChI is InChI=1S/C19H16F2N2O3/c20-19(21)26-16-10-8-15(9-11-16)18(25)23-13-17(24)22-12-4-7-14-5-2-1-3-6-14/h1-3,5-6,8-11,19H,12-13H2,(H,22,24)(H,23,25). The third-order valence-electron chi connectivity index (χ3n) is 3.13. The highest BCUT2D eigenvalue weighted by molar-refractivity contribution is 5.96. The van der Waals surface area contributed by atoms with Crippen molar-refractivity contribution < 1.29 is 23.1 Å². The second-order valence-corrected chi connectivity index (χ2v) is 5.03. The molecule has 2 rings (SSSR count). The highest BCUT2D eigenvalue weighted by atomic mass is 19.3. The fraction of sp³-hybridized carbons (Fsp3) is 0.158. The maximum atomic E-state index is 12.1. The van der Waals surface area contributed by atoms with Gasteiger partial charge in [0.1, 0.15) is 5.75 Å². The maximum absolute atomic E-state index is 12.1. The van der Waals surface area contributed by atoms with Crippen molar-refractivity contribution in [2.75, 3.05) is 13.1 Å². The van der Waals surface area contributed by atoms with Crippen molar-refractivity contribution in [3.8, 4) is 17.6 Å². The highest BCUT2D eigenvalue weighted by Gasteiger charge is 2.09. The molecule has 26 heavy (non-hydrogen) atoms. The lowest BCUT2D eigenvalue weighted by Gasteiger charge is -2.07. The van der Waals surface area contributed by atoms with Crippen molar-refractivity contribution in [2.45, 2.75) is 6.61 Å². The second-order valence-electron chi connectivity index (χ2n) is 5.03. The van der Waals surface area contributed by atoms with Crippen LogP contribution in [0.2, 0.25) is 0 Å². The zero-order valence-corrected chi connectivity index (χ0v) is 13.7. The zero-order chi connectivity index (χ0) is 18.8. The van der Waals surface area contributed by atoms with E-state index in [2.05, 4.69) is 27.2 Å². The molecular weight excluding hydrogens is 342 g/mol. The van der Waals surface area contributed by atoms with Crippen molar-refractivity contribution in [3.05, 3.63) is 65.7 Å². The van der Waals surface area contributed by atoms with Crippen LogP contribution in [0.5, 0.6) is 5.75 Å². The number of carbonyl (C=O) groups excluding carboxylic acids is 2. The smallest absolute Gasteiger partial charge is 0.387 e. The van der Waals surface area contributed by atoms with E-state index in [0.717, 1.165) is 5.56 Å². The monoisotopic (exact) mass is 358 g/mol. The van der Waals surface area contributed by atoms with E-state index in [-0.39, 0.29) is 24.4 Å². The van der Waals surface area contributed by atoms with Crippen LogP contribution in [0.15, 0.2) is 54.6 Å². The molecular formula is C19H16F2N2O3. The van der Waals surface area contributed by atoms with Crippen molar-refractivity contribution in [2.24, 2.45) is 0 Å². The number of benzene rings is 2. The van der Waals surface area contributed by atoms with Crippen LogP contribution in [0, 0.1) is 11.8 Å². The normalized spacial score (nSPS) is 9.81. The van der Waals surface area contributed by atoms with Gasteiger partial charge in [-0.1, -0.05) is 30.0 Å². The summed E-state index contributed by atoms with van der Waals surface area (Å²) in [6.45, 7) is -2.99. The van der Waals surface area contributed by atoms with E-state index in [1.165, 1.54) is 24.3 Å². The third kappa shape index (κ3) is 6.61. The molecule has 0 radical (unpaired) electrons. The Morgan fingerprint density at radius 2 is 1.69 bits per heavy atom. The molecule has 134 valence electrons. The molecule has 5 nitrogen and oxygen atoms in total. The van der Waals surface area contributed by atoms with Gasteiger partial charge < -0.3 is 15.4 Å². The fourth-order valence-electron chi connectivity index (χ4n) is 1.92. The Labute approximate surface area is 149 Å². The van der Waals surface area contributed by atoms with Crippen LogP contribution in [-0.4, -0.2) is 31.5 Å². The van der Waals surface area contributed by atoms with Gasteiger partial charge in [-0.2, -0.15) is 8.78 Å². The van der Waals surface area contributed by atoms with Crippen LogP contribution < -0.4 is 15.4 Å². The van der Waals surface area contributed by atoms with Crippen molar-refractivity contribution in [3.63, 3.8) is 0 Å². The Kier molecular flexibility index (Phi) is 7.13. The molecule has 2 amide bonds. The Morgan fingerprint density at radius 1 is 1.00 bits per heavy atom.